The predicted octanol–water partition coefficient (Wildman–Crippen LogP) is 1.13. The van der Waals surface area contributed by atoms with E-state index in [-0.39, 0.29) is 23.8 Å². The maximum atomic E-state index is 12.6. The first-order chi connectivity index (χ1) is 14.0. The summed E-state index contributed by atoms with van der Waals surface area (Å²) in [7, 11) is 0.124. The molecule has 2 aromatic rings. The van der Waals surface area contributed by atoms with Gasteiger partial charge in [0.2, 0.25) is 5.91 Å². The van der Waals surface area contributed by atoms with Crippen LogP contribution in [0.5, 0.6) is 0 Å². The summed E-state index contributed by atoms with van der Waals surface area (Å²) in [5.41, 5.74) is 1.55. The Morgan fingerprint density at radius 1 is 0.933 bits per heavy atom. The molecule has 0 aliphatic rings. The Hall–Kier alpha value is -3.08. The summed E-state index contributed by atoms with van der Waals surface area (Å²) in [5, 5.41) is 8.09. The van der Waals surface area contributed by atoms with Crippen LogP contribution in [0.1, 0.15) is 40.7 Å². The van der Waals surface area contributed by atoms with E-state index in [1.807, 2.05) is 6.92 Å². The number of anilines is 2. The van der Waals surface area contributed by atoms with E-state index >= 15 is 0 Å². The second-order valence-electron chi connectivity index (χ2n) is 7.09. The Morgan fingerprint density at radius 2 is 1.47 bits per heavy atom. The van der Waals surface area contributed by atoms with Crippen LogP contribution in [0.15, 0.2) is 24.5 Å². The second kappa shape index (κ2) is 9.61. The fourth-order valence-electron chi connectivity index (χ4n) is 2.74. The van der Waals surface area contributed by atoms with Crippen molar-refractivity contribution in [3.63, 3.8) is 0 Å². The number of hydrogen-bond acceptors (Lipinski definition) is 5. The molecular formula is C19H27N5O5S. The van der Waals surface area contributed by atoms with E-state index in [1.54, 1.807) is 41.7 Å². The van der Waals surface area contributed by atoms with Gasteiger partial charge in [-0.1, -0.05) is 6.92 Å². The van der Waals surface area contributed by atoms with Gasteiger partial charge in [-0.2, -0.15) is 0 Å². The van der Waals surface area contributed by atoms with Crippen molar-refractivity contribution in [1.29, 1.82) is 0 Å². The molecule has 2 heterocycles. The van der Waals surface area contributed by atoms with Gasteiger partial charge in [-0.05, 0) is 18.6 Å². The molecule has 2 aromatic heterocycles. The Balaban J connectivity index is 2.04. The fourth-order valence-corrected chi connectivity index (χ4v) is 3.30. The van der Waals surface area contributed by atoms with Crippen LogP contribution in [-0.4, -0.2) is 53.8 Å². The molecule has 0 atom stereocenters. The van der Waals surface area contributed by atoms with Crippen molar-refractivity contribution in [3.8, 4) is 0 Å². The molecule has 0 saturated carbocycles. The lowest BCUT2D eigenvalue weighted by molar-refractivity contribution is -0.115. The largest absolute Gasteiger partial charge is 0.351 e. The first-order valence-electron chi connectivity index (χ1n) is 9.40. The minimum Gasteiger partial charge on any atom is -0.351 e. The van der Waals surface area contributed by atoms with Crippen LogP contribution in [0, 0.1) is 0 Å². The van der Waals surface area contributed by atoms with Crippen molar-refractivity contribution >= 4 is 38.9 Å². The molecule has 0 aliphatic heterocycles. The summed E-state index contributed by atoms with van der Waals surface area (Å²) in [4.78, 5) is 36.7. The Morgan fingerprint density at radius 3 is 2.00 bits per heavy atom. The zero-order valence-electron chi connectivity index (χ0n) is 17.5. The van der Waals surface area contributed by atoms with E-state index < -0.39 is 21.7 Å². The summed E-state index contributed by atoms with van der Waals surface area (Å²) in [6, 6.07) is 3.07. The molecule has 3 N–H and O–H groups in total. The number of carbonyl (C=O) groups is 3. The highest BCUT2D eigenvalue weighted by molar-refractivity contribution is 7.90. The summed E-state index contributed by atoms with van der Waals surface area (Å²) in [6.45, 7) is 2.52. The lowest BCUT2D eigenvalue weighted by Gasteiger charge is -2.03. The molecule has 0 aromatic carbocycles. The smallest absolute Gasteiger partial charge is 0.272 e. The molecule has 0 saturated heterocycles. The molecule has 30 heavy (non-hydrogen) atoms. The first kappa shape index (κ1) is 23.2. The Kier molecular flexibility index (Phi) is 7.43. The number of nitrogens with one attached hydrogen (secondary N) is 3. The fraction of sp³-hybridized carbons (Fsp3) is 0.421. The van der Waals surface area contributed by atoms with Gasteiger partial charge in [0.05, 0.1) is 17.1 Å². The SMILES string of the molecule is CCCNC(=O)c1cc(NC(=O)c2cc(NC(=O)CCS(C)(=O)=O)cn2C)cn1C. The van der Waals surface area contributed by atoms with E-state index in [9.17, 15) is 22.8 Å². The number of rotatable bonds is 9. The molecule has 3 amide bonds. The van der Waals surface area contributed by atoms with Gasteiger partial charge < -0.3 is 25.1 Å². The highest BCUT2D eigenvalue weighted by Crippen LogP contribution is 2.17. The molecule has 0 unspecified atom stereocenters. The summed E-state index contributed by atoms with van der Waals surface area (Å²) in [5.74, 6) is -1.34. The molecule has 0 aliphatic carbocycles. The third kappa shape index (κ3) is 6.48. The Bertz CT molecular complexity index is 1050. The molecule has 0 spiro atoms. The molecule has 0 radical (unpaired) electrons. The van der Waals surface area contributed by atoms with E-state index in [1.165, 1.54) is 6.07 Å². The minimum absolute atomic E-state index is 0.165. The average molecular weight is 438 g/mol. The van der Waals surface area contributed by atoms with E-state index in [0.29, 0.717) is 23.6 Å². The summed E-state index contributed by atoms with van der Waals surface area (Å²) >= 11 is 0. The summed E-state index contributed by atoms with van der Waals surface area (Å²) in [6.07, 6.45) is 4.91. The number of nitrogens with zero attached hydrogens (tertiary/aromatic N) is 2. The quantitative estimate of drug-likeness (QED) is 0.541. The highest BCUT2D eigenvalue weighted by Gasteiger charge is 2.17. The maximum Gasteiger partial charge on any atom is 0.272 e. The number of sulfone groups is 1. The van der Waals surface area contributed by atoms with Crippen LogP contribution in [0.4, 0.5) is 11.4 Å². The first-order valence-corrected chi connectivity index (χ1v) is 11.5. The van der Waals surface area contributed by atoms with Crippen molar-refractivity contribution in [3.05, 3.63) is 35.9 Å². The van der Waals surface area contributed by atoms with Crippen molar-refractivity contribution < 1.29 is 22.8 Å². The van der Waals surface area contributed by atoms with Gasteiger partial charge >= 0.3 is 0 Å². The van der Waals surface area contributed by atoms with Gasteiger partial charge in [0.25, 0.3) is 11.8 Å². The molecule has 0 bridgehead atoms. The monoisotopic (exact) mass is 437 g/mol. The Labute approximate surface area is 175 Å². The highest BCUT2D eigenvalue weighted by atomic mass is 32.2. The lowest BCUT2D eigenvalue weighted by atomic mass is 10.3. The lowest BCUT2D eigenvalue weighted by Crippen LogP contribution is -2.25. The van der Waals surface area contributed by atoms with Gasteiger partial charge in [-0.15, -0.1) is 0 Å². The maximum absolute atomic E-state index is 12.6. The third-order valence-corrected chi connectivity index (χ3v) is 5.20. The third-order valence-electron chi connectivity index (χ3n) is 4.25. The standard InChI is InChI=1S/C19H27N5O5S/c1-5-7-20-18(26)15-10-14(12-23(15)2)22-19(27)16-9-13(11-24(16)3)21-17(25)6-8-30(4,28)29/h9-12H,5-8H2,1-4H3,(H,20,26)(H,21,25)(H,22,27). The molecule has 0 fully saturated rings. The van der Waals surface area contributed by atoms with E-state index in [2.05, 4.69) is 16.0 Å². The summed E-state index contributed by atoms with van der Waals surface area (Å²) < 4.78 is 25.5. The number of aryl methyl sites for hydroxylation is 2. The molecule has 164 valence electrons. The second-order valence-corrected chi connectivity index (χ2v) is 9.35. The molecule has 11 heteroatoms. The van der Waals surface area contributed by atoms with Gasteiger partial charge in [-0.25, -0.2) is 8.42 Å². The van der Waals surface area contributed by atoms with Gasteiger partial charge in [-0.3, -0.25) is 14.4 Å². The van der Waals surface area contributed by atoms with Gasteiger partial charge in [0.15, 0.2) is 0 Å². The van der Waals surface area contributed by atoms with E-state index in [4.69, 9.17) is 0 Å². The number of amides is 3. The zero-order chi connectivity index (χ0) is 22.5. The zero-order valence-corrected chi connectivity index (χ0v) is 18.3. The molecular weight excluding hydrogens is 410 g/mol. The minimum atomic E-state index is -3.24. The number of hydrogen-bond donors (Lipinski definition) is 3. The van der Waals surface area contributed by atoms with Crippen LogP contribution < -0.4 is 16.0 Å². The normalized spacial score (nSPS) is 11.2. The average Bonchev–Trinajstić information content (AvgIpc) is 3.19. The van der Waals surface area contributed by atoms with Gasteiger partial charge in [0, 0.05) is 45.7 Å². The van der Waals surface area contributed by atoms with Crippen LogP contribution in [-0.2, 0) is 28.7 Å². The van der Waals surface area contributed by atoms with E-state index in [0.717, 1.165) is 12.7 Å². The number of aromatic nitrogens is 2. The number of carbonyl (C=O) groups excluding carboxylic acids is 3. The molecule has 10 nitrogen and oxygen atoms in total. The van der Waals surface area contributed by atoms with Crippen LogP contribution in [0.25, 0.3) is 0 Å². The predicted molar refractivity (Wildman–Crippen MR) is 114 cm³/mol. The van der Waals surface area contributed by atoms with Crippen molar-refractivity contribution in [1.82, 2.24) is 14.5 Å². The van der Waals surface area contributed by atoms with Crippen LogP contribution in [0.3, 0.4) is 0 Å². The topological polar surface area (TPSA) is 131 Å². The van der Waals surface area contributed by atoms with Gasteiger partial charge in [0.1, 0.15) is 21.2 Å². The van der Waals surface area contributed by atoms with Crippen molar-refractivity contribution in [2.75, 3.05) is 29.2 Å². The molecule has 2 rings (SSSR count). The van der Waals surface area contributed by atoms with Crippen LogP contribution in [0.2, 0.25) is 0 Å². The van der Waals surface area contributed by atoms with Crippen molar-refractivity contribution in [2.45, 2.75) is 19.8 Å². The van der Waals surface area contributed by atoms with Crippen LogP contribution >= 0.6 is 0 Å². The van der Waals surface area contributed by atoms with Crippen molar-refractivity contribution in [2.24, 2.45) is 14.1 Å².